The number of halogens is 1. The van der Waals surface area contributed by atoms with Crippen LogP contribution in [-0.2, 0) is 0 Å². The van der Waals surface area contributed by atoms with E-state index in [0.717, 1.165) is 5.56 Å². The van der Waals surface area contributed by atoms with Crippen LogP contribution in [0.3, 0.4) is 0 Å². The maximum atomic E-state index is 14.0. The van der Waals surface area contributed by atoms with Crippen LogP contribution in [0.5, 0.6) is 5.75 Å². The molecule has 1 heterocycles. The average Bonchev–Trinajstić information content (AvgIpc) is 2.45. The Morgan fingerprint density at radius 1 is 1.00 bits per heavy atom. The first-order valence-electron chi connectivity index (χ1n) is 5.97. The lowest BCUT2D eigenvalue weighted by atomic mass is 9.98. The second-order valence-corrected chi connectivity index (χ2v) is 4.27. The van der Waals surface area contributed by atoms with Crippen molar-refractivity contribution in [2.45, 2.75) is 6.36 Å². The fourth-order valence-electron chi connectivity index (χ4n) is 2.05. The van der Waals surface area contributed by atoms with E-state index >= 15 is 0 Å². The number of rotatable bonds is 1. The van der Waals surface area contributed by atoms with Gasteiger partial charge in [0.1, 0.15) is 5.75 Å². The molecule has 19 heavy (non-hydrogen) atoms. The standard InChI is InChI=1S/C16H11FO2/c17-16-13(10-11-6-2-1-3-7-11)15(18)12-8-4-5-9-14(12)19-16/h1-10,16H/b13-10-. The first-order valence-corrected chi connectivity index (χ1v) is 5.97. The van der Waals surface area contributed by atoms with Gasteiger partial charge in [-0.05, 0) is 23.8 Å². The molecule has 3 rings (SSSR count). The molecule has 0 aromatic heterocycles. The van der Waals surface area contributed by atoms with E-state index in [9.17, 15) is 9.18 Å². The van der Waals surface area contributed by atoms with Crippen molar-refractivity contribution in [3.05, 3.63) is 71.3 Å². The minimum atomic E-state index is -1.72. The summed E-state index contributed by atoms with van der Waals surface area (Å²) in [6, 6.07) is 15.8. The van der Waals surface area contributed by atoms with Crippen LogP contribution >= 0.6 is 0 Å². The summed E-state index contributed by atoms with van der Waals surface area (Å²) in [6.45, 7) is 0. The van der Waals surface area contributed by atoms with Crippen LogP contribution in [0.2, 0.25) is 0 Å². The fourth-order valence-corrected chi connectivity index (χ4v) is 2.05. The summed E-state index contributed by atoms with van der Waals surface area (Å²) in [7, 11) is 0. The summed E-state index contributed by atoms with van der Waals surface area (Å²) in [6.07, 6.45) is -0.189. The van der Waals surface area contributed by atoms with E-state index < -0.39 is 6.36 Å². The van der Waals surface area contributed by atoms with Gasteiger partial charge in [0.2, 0.25) is 0 Å². The maximum Gasteiger partial charge on any atom is 0.268 e. The van der Waals surface area contributed by atoms with E-state index in [-0.39, 0.29) is 11.4 Å². The monoisotopic (exact) mass is 254 g/mol. The number of hydrogen-bond acceptors (Lipinski definition) is 2. The molecule has 0 saturated carbocycles. The number of ether oxygens (including phenoxy) is 1. The zero-order valence-electron chi connectivity index (χ0n) is 10.0. The Hall–Kier alpha value is -2.42. The fraction of sp³-hybridized carbons (Fsp3) is 0.0625. The van der Waals surface area contributed by atoms with Crippen molar-refractivity contribution in [1.82, 2.24) is 0 Å². The summed E-state index contributed by atoms with van der Waals surface area (Å²) in [5.74, 6) is -0.0246. The molecular weight excluding hydrogens is 243 g/mol. The molecule has 0 amide bonds. The van der Waals surface area contributed by atoms with Crippen molar-refractivity contribution in [3.63, 3.8) is 0 Å². The number of carbonyl (C=O) groups is 1. The highest BCUT2D eigenvalue weighted by Gasteiger charge is 2.31. The minimum Gasteiger partial charge on any atom is -0.455 e. The number of Topliss-reactive ketones (excluding diaryl/α,β-unsaturated/α-hetero) is 1. The van der Waals surface area contributed by atoms with Gasteiger partial charge >= 0.3 is 0 Å². The number of para-hydroxylation sites is 1. The lowest BCUT2D eigenvalue weighted by molar-refractivity contribution is 0.0727. The van der Waals surface area contributed by atoms with E-state index in [1.807, 2.05) is 30.3 Å². The highest BCUT2D eigenvalue weighted by Crippen LogP contribution is 2.31. The molecule has 0 saturated heterocycles. The zero-order chi connectivity index (χ0) is 13.2. The van der Waals surface area contributed by atoms with Gasteiger partial charge in [-0.1, -0.05) is 42.5 Å². The molecule has 0 radical (unpaired) electrons. The molecule has 2 aromatic carbocycles. The number of fused-ring (bicyclic) bond motifs is 1. The molecule has 2 nitrogen and oxygen atoms in total. The Labute approximate surface area is 110 Å². The van der Waals surface area contributed by atoms with Gasteiger partial charge < -0.3 is 4.74 Å². The van der Waals surface area contributed by atoms with E-state index in [4.69, 9.17) is 4.74 Å². The van der Waals surface area contributed by atoms with Crippen LogP contribution in [0.1, 0.15) is 15.9 Å². The molecule has 1 aliphatic heterocycles. The molecule has 1 unspecified atom stereocenters. The van der Waals surface area contributed by atoms with Gasteiger partial charge in [-0.2, -0.15) is 4.39 Å². The van der Waals surface area contributed by atoms with Gasteiger partial charge in [0.25, 0.3) is 6.36 Å². The average molecular weight is 254 g/mol. The van der Waals surface area contributed by atoms with E-state index in [2.05, 4.69) is 0 Å². The number of alkyl halides is 1. The van der Waals surface area contributed by atoms with Gasteiger partial charge in [0.05, 0.1) is 11.1 Å². The first-order chi connectivity index (χ1) is 9.25. The summed E-state index contributed by atoms with van der Waals surface area (Å²) in [4.78, 5) is 12.2. The molecule has 1 aliphatic rings. The molecule has 0 fully saturated rings. The molecule has 0 N–H and O–H groups in total. The van der Waals surface area contributed by atoms with Crippen LogP contribution in [0.4, 0.5) is 4.39 Å². The summed E-state index contributed by atoms with van der Waals surface area (Å²) < 4.78 is 19.1. The van der Waals surface area contributed by atoms with Gasteiger partial charge in [-0.15, -0.1) is 0 Å². The summed E-state index contributed by atoms with van der Waals surface area (Å²) in [5, 5.41) is 0. The topological polar surface area (TPSA) is 26.3 Å². The normalized spacial score (nSPS) is 19.9. The number of carbonyl (C=O) groups excluding carboxylic acids is 1. The van der Waals surface area contributed by atoms with Crippen LogP contribution in [-0.4, -0.2) is 12.1 Å². The van der Waals surface area contributed by atoms with Crippen LogP contribution in [0, 0.1) is 0 Å². The van der Waals surface area contributed by atoms with Gasteiger partial charge in [-0.25, -0.2) is 0 Å². The Kier molecular flexibility index (Phi) is 2.88. The summed E-state index contributed by atoms with van der Waals surface area (Å²) >= 11 is 0. The lowest BCUT2D eigenvalue weighted by Crippen LogP contribution is -2.26. The number of ketones is 1. The Morgan fingerprint density at radius 3 is 2.47 bits per heavy atom. The van der Waals surface area contributed by atoms with Gasteiger partial charge in [0, 0.05) is 0 Å². The van der Waals surface area contributed by atoms with Crippen molar-refractivity contribution >= 4 is 11.9 Å². The first kappa shape index (κ1) is 11.7. The van der Waals surface area contributed by atoms with Crippen molar-refractivity contribution < 1.29 is 13.9 Å². The van der Waals surface area contributed by atoms with Crippen molar-refractivity contribution in [1.29, 1.82) is 0 Å². The van der Waals surface area contributed by atoms with E-state index in [1.165, 1.54) is 6.08 Å². The molecule has 0 bridgehead atoms. The van der Waals surface area contributed by atoms with Crippen molar-refractivity contribution in [2.75, 3.05) is 0 Å². The highest BCUT2D eigenvalue weighted by molar-refractivity contribution is 6.14. The third-order valence-corrected chi connectivity index (χ3v) is 2.99. The van der Waals surface area contributed by atoms with Crippen LogP contribution < -0.4 is 4.74 Å². The minimum absolute atomic E-state index is 0.0323. The maximum absolute atomic E-state index is 14.0. The molecule has 0 aliphatic carbocycles. The van der Waals surface area contributed by atoms with E-state index in [1.54, 1.807) is 24.3 Å². The second-order valence-electron chi connectivity index (χ2n) is 4.27. The lowest BCUT2D eigenvalue weighted by Gasteiger charge is -2.22. The predicted molar refractivity (Wildman–Crippen MR) is 70.7 cm³/mol. The Morgan fingerprint density at radius 2 is 1.68 bits per heavy atom. The van der Waals surface area contributed by atoms with Crippen molar-refractivity contribution in [3.8, 4) is 5.75 Å². The Balaban J connectivity index is 2.05. The highest BCUT2D eigenvalue weighted by atomic mass is 19.1. The third-order valence-electron chi connectivity index (χ3n) is 2.99. The van der Waals surface area contributed by atoms with Crippen LogP contribution in [0.25, 0.3) is 6.08 Å². The molecule has 94 valence electrons. The van der Waals surface area contributed by atoms with E-state index in [0.29, 0.717) is 11.3 Å². The summed E-state index contributed by atoms with van der Waals surface area (Å²) in [5.41, 5.74) is 1.21. The van der Waals surface area contributed by atoms with Crippen molar-refractivity contribution in [2.24, 2.45) is 0 Å². The molecule has 0 spiro atoms. The Bertz CT molecular complexity index is 647. The third kappa shape index (κ3) is 2.15. The van der Waals surface area contributed by atoms with Gasteiger partial charge in [-0.3, -0.25) is 4.79 Å². The molecule has 3 heteroatoms. The number of hydrogen-bond donors (Lipinski definition) is 0. The second kappa shape index (κ2) is 4.69. The number of benzene rings is 2. The zero-order valence-corrected chi connectivity index (χ0v) is 10.0. The largest absolute Gasteiger partial charge is 0.455 e. The van der Waals surface area contributed by atoms with Crippen LogP contribution in [0.15, 0.2) is 60.2 Å². The van der Waals surface area contributed by atoms with Gasteiger partial charge in [0.15, 0.2) is 5.78 Å². The molecule has 2 aromatic rings. The molecular formula is C16H11FO2. The molecule has 1 atom stereocenters. The smallest absolute Gasteiger partial charge is 0.268 e. The SMILES string of the molecule is O=C1/C(=C/c2ccccc2)C(F)Oc2ccccc21. The quantitative estimate of drug-likeness (QED) is 0.726. The predicted octanol–water partition coefficient (Wildman–Crippen LogP) is 3.64.